The van der Waals surface area contributed by atoms with E-state index in [1.807, 2.05) is 12.1 Å². The Morgan fingerprint density at radius 2 is 1.08 bits per heavy atom. The number of halogens is 4. The van der Waals surface area contributed by atoms with Crippen molar-refractivity contribution in [1.82, 2.24) is 0 Å². The lowest BCUT2D eigenvalue weighted by molar-refractivity contribution is 0.285. The van der Waals surface area contributed by atoms with Gasteiger partial charge in [-0.15, -0.1) is 0 Å². The molecular weight excluding hydrogens is 480 g/mol. The van der Waals surface area contributed by atoms with Crippen LogP contribution in [0.25, 0.3) is 22.3 Å². The van der Waals surface area contributed by atoms with Gasteiger partial charge in [0, 0.05) is 11.1 Å². The summed E-state index contributed by atoms with van der Waals surface area (Å²) in [5, 5.41) is 0. The monoisotopic (exact) mass is 508 g/mol. The molecule has 4 rings (SSSR count). The van der Waals surface area contributed by atoms with Gasteiger partial charge in [0.25, 0.3) is 0 Å². The summed E-state index contributed by atoms with van der Waals surface area (Å²) >= 11 is 0. The molecule has 0 heterocycles. The molecule has 0 saturated heterocycles. The number of methoxy groups -OCH3 is 1. The van der Waals surface area contributed by atoms with E-state index < -0.39 is 23.3 Å². The molecule has 37 heavy (non-hydrogen) atoms. The van der Waals surface area contributed by atoms with Gasteiger partial charge in [0.05, 0.1) is 7.11 Å². The van der Waals surface area contributed by atoms with E-state index in [9.17, 15) is 17.6 Å². The number of hydrogen-bond donors (Lipinski definition) is 0. The highest BCUT2D eigenvalue weighted by Crippen LogP contribution is 2.32. The zero-order chi connectivity index (χ0) is 26.4. The Balaban J connectivity index is 1.43. The van der Waals surface area contributed by atoms with Gasteiger partial charge >= 0.3 is 0 Å². The molecule has 0 N–H and O–H groups in total. The van der Waals surface area contributed by atoms with Crippen LogP contribution in [-0.4, -0.2) is 7.11 Å². The Morgan fingerprint density at radius 3 is 1.62 bits per heavy atom. The highest BCUT2D eigenvalue weighted by atomic mass is 19.2. The predicted molar refractivity (Wildman–Crippen MR) is 138 cm³/mol. The summed E-state index contributed by atoms with van der Waals surface area (Å²) in [5.74, 6) is -4.47. The number of unbranched alkanes of at least 4 members (excludes halogenated alkanes) is 2. The first-order valence-electron chi connectivity index (χ1n) is 12.2. The molecule has 192 valence electrons. The van der Waals surface area contributed by atoms with Crippen molar-refractivity contribution in [3.05, 3.63) is 107 Å². The third-order valence-electron chi connectivity index (χ3n) is 6.31. The summed E-state index contributed by atoms with van der Waals surface area (Å²) in [6.07, 6.45) is 4.37. The summed E-state index contributed by atoms with van der Waals surface area (Å²) in [4.78, 5) is 0. The number of ether oxygens (including phenoxy) is 2. The Hall–Kier alpha value is -3.80. The van der Waals surface area contributed by atoms with Crippen LogP contribution in [0.4, 0.5) is 17.6 Å². The second kappa shape index (κ2) is 12.0. The molecule has 2 nitrogen and oxygen atoms in total. The van der Waals surface area contributed by atoms with Gasteiger partial charge in [-0.25, -0.2) is 8.78 Å². The van der Waals surface area contributed by atoms with Crippen LogP contribution >= 0.6 is 0 Å². The van der Waals surface area contributed by atoms with Crippen LogP contribution in [0, 0.1) is 23.3 Å². The SMILES string of the molecule is CCCCCc1ccc(-c2ccc(OCc3ccc(-c4ccc(OC)c(F)c4F)cc3)c(F)c2F)cc1. The quantitative estimate of drug-likeness (QED) is 0.157. The fraction of sp³-hybridized carbons (Fsp3) is 0.226. The average Bonchev–Trinajstić information content (AvgIpc) is 2.92. The van der Waals surface area contributed by atoms with E-state index in [-0.39, 0.29) is 29.2 Å². The molecule has 0 spiro atoms. The second-order valence-electron chi connectivity index (χ2n) is 8.82. The third-order valence-corrected chi connectivity index (χ3v) is 6.31. The average molecular weight is 509 g/mol. The van der Waals surface area contributed by atoms with Crippen LogP contribution in [0.1, 0.15) is 37.3 Å². The minimum absolute atomic E-state index is 0.0259. The Bertz CT molecular complexity index is 1350. The largest absolute Gasteiger partial charge is 0.494 e. The van der Waals surface area contributed by atoms with Gasteiger partial charge < -0.3 is 9.47 Å². The van der Waals surface area contributed by atoms with E-state index in [0.29, 0.717) is 16.7 Å². The van der Waals surface area contributed by atoms with Crippen molar-refractivity contribution >= 4 is 0 Å². The molecule has 0 aromatic heterocycles. The molecule has 0 aliphatic rings. The molecule has 0 bridgehead atoms. The summed E-state index contributed by atoms with van der Waals surface area (Å²) in [6.45, 7) is 2.13. The maximum atomic E-state index is 14.9. The maximum absolute atomic E-state index is 14.9. The van der Waals surface area contributed by atoms with Gasteiger partial charge in [-0.1, -0.05) is 68.3 Å². The molecule has 4 aromatic carbocycles. The molecule has 4 aromatic rings. The first kappa shape index (κ1) is 26.3. The van der Waals surface area contributed by atoms with E-state index in [2.05, 4.69) is 6.92 Å². The lowest BCUT2D eigenvalue weighted by Crippen LogP contribution is -2.00. The van der Waals surface area contributed by atoms with Crippen LogP contribution in [0.5, 0.6) is 11.5 Å². The van der Waals surface area contributed by atoms with Crippen molar-refractivity contribution in [2.45, 2.75) is 39.2 Å². The smallest absolute Gasteiger partial charge is 0.201 e. The number of benzene rings is 4. The molecule has 0 radical (unpaired) electrons. The van der Waals surface area contributed by atoms with E-state index >= 15 is 0 Å². The van der Waals surface area contributed by atoms with Gasteiger partial charge in [0.15, 0.2) is 23.1 Å². The zero-order valence-electron chi connectivity index (χ0n) is 20.8. The maximum Gasteiger partial charge on any atom is 0.201 e. The molecule has 0 aliphatic carbocycles. The van der Waals surface area contributed by atoms with Gasteiger partial charge in [0.1, 0.15) is 6.61 Å². The van der Waals surface area contributed by atoms with Crippen molar-refractivity contribution in [1.29, 1.82) is 0 Å². The van der Waals surface area contributed by atoms with Crippen LogP contribution in [0.15, 0.2) is 72.8 Å². The molecule has 0 amide bonds. The third kappa shape index (κ3) is 5.96. The molecule has 6 heteroatoms. The van der Waals surface area contributed by atoms with Crippen molar-refractivity contribution in [3.63, 3.8) is 0 Å². The highest BCUT2D eigenvalue weighted by molar-refractivity contribution is 5.66. The summed E-state index contributed by atoms with van der Waals surface area (Å²) in [7, 11) is 1.26. The van der Waals surface area contributed by atoms with E-state index in [4.69, 9.17) is 9.47 Å². The summed E-state index contributed by atoms with van der Waals surface area (Å²) in [6, 6.07) is 19.7. The minimum Gasteiger partial charge on any atom is -0.494 e. The molecular formula is C31H28F4O2. The minimum atomic E-state index is -1.06. The highest BCUT2D eigenvalue weighted by Gasteiger charge is 2.17. The van der Waals surface area contributed by atoms with Gasteiger partial charge in [-0.2, -0.15) is 8.78 Å². The Labute approximate surface area is 214 Å². The van der Waals surface area contributed by atoms with E-state index in [0.717, 1.165) is 25.7 Å². The zero-order valence-corrected chi connectivity index (χ0v) is 20.8. The fourth-order valence-electron chi connectivity index (χ4n) is 4.15. The van der Waals surface area contributed by atoms with Crippen molar-refractivity contribution in [2.75, 3.05) is 7.11 Å². The Morgan fingerprint density at radius 1 is 0.568 bits per heavy atom. The van der Waals surface area contributed by atoms with Crippen LogP contribution in [-0.2, 0) is 13.0 Å². The van der Waals surface area contributed by atoms with E-state index in [1.54, 1.807) is 36.4 Å². The molecule has 0 fully saturated rings. The first-order valence-corrected chi connectivity index (χ1v) is 12.2. The van der Waals surface area contributed by atoms with Gasteiger partial charge in [-0.05, 0) is 59.4 Å². The van der Waals surface area contributed by atoms with Gasteiger partial charge in [-0.3, -0.25) is 0 Å². The summed E-state index contributed by atoms with van der Waals surface area (Å²) < 4.78 is 68.3. The topological polar surface area (TPSA) is 18.5 Å². The lowest BCUT2D eigenvalue weighted by atomic mass is 10.0. The number of aryl methyl sites for hydroxylation is 1. The standard InChI is InChI=1S/C31H28F4O2/c1-3-4-5-6-20-7-11-22(12-8-20)25-16-18-27(31(35)29(25)33)37-19-21-9-13-23(14-10-21)24-15-17-26(36-2)30(34)28(24)32/h7-18H,3-6,19H2,1-2H3. The molecule has 0 aliphatic heterocycles. The number of rotatable bonds is 10. The normalized spacial score (nSPS) is 11.0. The van der Waals surface area contributed by atoms with Gasteiger partial charge in [0.2, 0.25) is 11.6 Å². The van der Waals surface area contributed by atoms with Crippen LogP contribution < -0.4 is 9.47 Å². The predicted octanol–water partition coefficient (Wildman–Crippen LogP) is 8.90. The van der Waals surface area contributed by atoms with Crippen molar-refractivity contribution in [2.24, 2.45) is 0 Å². The molecule has 0 saturated carbocycles. The van der Waals surface area contributed by atoms with Crippen molar-refractivity contribution < 1.29 is 27.0 Å². The fourth-order valence-corrected chi connectivity index (χ4v) is 4.15. The Kier molecular flexibility index (Phi) is 8.49. The first-order chi connectivity index (χ1) is 17.9. The summed E-state index contributed by atoms with van der Waals surface area (Å²) in [5.41, 5.74) is 3.14. The van der Waals surface area contributed by atoms with Crippen LogP contribution in [0.2, 0.25) is 0 Å². The van der Waals surface area contributed by atoms with Crippen LogP contribution in [0.3, 0.4) is 0 Å². The molecule has 0 atom stereocenters. The molecule has 0 unspecified atom stereocenters. The number of hydrogen-bond acceptors (Lipinski definition) is 2. The van der Waals surface area contributed by atoms with E-state index in [1.165, 1.54) is 36.9 Å². The second-order valence-corrected chi connectivity index (χ2v) is 8.82. The lowest BCUT2D eigenvalue weighted by Gasteiger charge is -2.12. The van der Waals surface area contributed by atoms with Crippen molar-refractivity contribution in [3.8, 4) is 33.8 Å².